The molecule has 29 heavy (non-hydrogen) atoms. The molecule has 150 valence electrons. The molecule has 0 radical (unpaired) electrons. The van der Waals surface area contributed by atoms with Crippen LogP contribution >= 0.6 is 0 Å². The Balaban J connectivity index is 1.21. The van der Waals surface area contributed by atoms with Crippen LogP contribution in [0.3, 0.4) is 0 Å². The molecule has 1 aromatic heterocycles. The number of amides is 1. The topological polar surface area (TPSA) is 54.7 Å². The molecule has 2 saturated heterocycles. The number of likely N-dealkylation sites (tertiary alicyclic amines) is 1. The summed E-state index contributed by atoms with van der Waals surface area (Å²) in [5.74, 6) is 3.27. The van der Waals surface area contributed by atoms with Crippen molar-refractivity contribution in [3.05, 3.63) is 66.1 Å². The number of carbonyl (C=O) groups excluding carboxylic acids is 1. The summed E-state index contributed by atoms with van der Waals surface area (Å²) in [5.41, 5.74) is 0. The molecular weight excluding hydrogens is 364 g/mol. The first-order chi connectivity index (χ1) is 14.3. The van der Waals surface area contributed by atoms with Crippen LogP contribution < -0.4 is 10.1 Å². The monoisotopic (exact) mass is 390 g/mol. The van der Waals surface area contributed by atoms with Crippen LogP contribution in [0.15, 0.2) is 59.0 Å². The third kappa shape index (κ3) is 3.87. The highest BCUT2D eigenvalue weighted by Crippen LogP contribution is 2.28. The summed E-state index contributed by atoms with van der Waals surface area (Å²) in [6.07, 6.45) is 2.14. The third-order valence-electron chi connectivity index (χ3n) is 6.28. The number of nitrogens with one attached hydrogen (secondary N) is 1. The predicted octanol–water partition coefficient (Wildman–Crippen LogP) is 4.08. The molecule has 3 aromatic rings. The van der Waals surface area contributed by atoms with Crippen molar-refractivity contribution < 1.29 is 13.9 Å². The van der Waals surface area contributed by atoms with Crippen LogP contribution in [-0.2, 0) is 6.61 Å². The molecular formula is C24H26N2O3. The predicted molar refractivity (Wildman–Crippen MR) is 112 cm³/mol. The molecule has 5 rings (SSSR count). The SMILES string of the molecule is O=C(c1ccc(COc2ccc3ccccc3c2)o1)N1CC[C@@H]2CNC[C@@H]2CC1. The van der Waals surface area contributed by atoms with E-state index in [4.69, 9.17) is 9.15 Å². The molecule has 2 aromatic carbocycles. The summed E-state index contributed by atoms with van der Waals surface area (Å²) in [5, 5.41) is 5.80. The highest BCUT2D eigenvalue weighted by molar-refractivity contribution is 5.91. The second-order valence-corrected chi connectivity index (χ2v) is 8.11. The van der Waals surface area contributed by atoms with Gasteiger partial charge in [-0.15, -0.1) is 0 Å². The zero-order chi connectivity index (χ0) is 19.6. The molecule has 0 saturated carbocycles. The molecule has 3 heterocycles. The standard InChI is InChI=1S/C24H26N2O3/c27-24(26-11-9-19-14-25-15-20(19)10-12-26)23-8-7-22(29-23)16-28-21-6-5-17-3-1-2-4-18(17)13-21/h1-8,13,19-20,25H,9-12,14-16H2/t19-,20+. The van der Waals surface area contributed by atoms with Gasteiger partial charge in [0.1, 0.15) is 18.1 Å². The van der Waals surface area contributed by atoms with Gasteiger partial charge in [0, 0.05) is 13.1 Å². The molecule has 2 atom stereocenters. The molecule has 0 aliphatic carbocycles. The Bertz CT molecular complexity index is 998. The number of hydrogen-bond donors (Lipinski definition) is 1. The Hall–Kier alpha value is -2.79. The number of nitrogens with zero attached hydrogens (tertiary/aromatic N) is 1. The average molecular weight is 390 g/mol. The molecule has 0 spiro atoms. The Labute approximate surface area is 170 Å². The lowest BCUT2D eigenvalue weighted by Gasteiger charge is -2.19. The molecule has 5 nitrogen and oxygen atoms in total. The van der Waals surface area contributed by atoms with E-state index in [1.807, 2.05) is 41.3 Å². The van der Waals surface area contributed by atoms with E-state index in [1.54, 1.807) is 6.07 Å². The van der Waals surface area contributed by atoms with Gasteiger partial charge in [0.2, 0.25) is 0 Å². The maximum atomic E-state index is 12.9. The highest BCUT2D eigenvalue weighted by Gasteiger charge is 2.32. The minimum atomic E-state index is -0.00473. The van der Waals surface area contributed by atoms with E-state index in [9.17, 15) is 4.79 Å². The third-order valence-corrected chi connectivity index (χ3v) is 6.28. The Morgan fingerprint density at radius 1 is 1.00 bits per heavy atom. The van der Waals surface area contributed by atoms with Crippen molar-refractivity contribution in [2.75, 3.05) is 26.2 Å². The van der Waals surface area contributed by atoms with E-state index in [1.165, 1.54) is 5.39 Å². The fraction of sp³-hybridized carbons (Fsp3) is 0.375. The smallest absolute Gasteiger partial charge is 0.289 e. The maximum absolute atomic E-state index is 12.9. The number of hydrogen-bond acceptors (Lipinski definition) is 4. The van der Waals surface area contributed by atoms with Gasteiger partial charge < -0.3 is 19.4 Å². The molecule has 0 bridgehead atoms. The van der Waals surface area contributed by atoms with Gasteiger partial charge in [0.05, 0.1) is 0 Å². The first kappa shape index (κ1) is 18.3. The lowest BCUT2D eigenvalue weighted by Crippen LogP contribution is -2.32. The van der Waals surface area contributed by atoms with E-state index >= 15 is 0 Å². The Morgan fingerprint density at radius 3 is 2.55 bits per heavy atom. The second kappa shape index (κ2) is 7.91. The zero-order valence-electron chi connectivity index (χ0n) is 16.5. The minimum absolute atomic E-state index is 0.00473. The Kier molecular flexibility index (Phi) is 4.98. The van der Waals surface area contributed by atoms with Crippen molar-refractivity contribution in [3.63, 3.8) is 0 Å². The maximum Gasteiger partial charge on any atom is 0.289 e. The van der Waals surface area contributed by atoms with Gasteiger partial charge in [-0.1, -0.05) is 30.3 Å². The van der Waals surface area contributed by atoms with Crippen molar-refractivity contribution >= 4 is 16.7 Å². The van der Waals surface area contributed by atoms with Crippen molar-refractivity contribution in [1.29, 1.82) is 0 Å². The first-order valence-electron chi connectivity index (χ1n) is 10.5. The number of carbonyl (C=O) groups is 1. The van der Waals surface area contributed by atoms with E-state index in [0.29, 0.717) is 30.0 Å². The lowest BCUT2D eigenvalue weighted by atomic mass is 9.92. The minimum Gasteiger partial charge on any atom is -0.486 e. The summed E-state index contributed by atoms with van der Waals surface area (Å²) in [6, 6.07) is 17.8. The number of furan rings is 1. The summed E-state index contributed by atoms with van der Waals surface area (Å²) >= 11 is 0. The van der Waals surface area contributed by atoms with Crippen LogP contribution in [0, 0.1) is 11.8 Å². The molecule has 1 amide bonds. The summed E-state index contributed by atoms with van der Waals surface area (Å²) < 4.78 is 11.7. The highest BCUT2D eigenvalue weighted by atomic mass is 16.5. The molecule has 0 unspecified atom stereocenters. The van der Waals surface area contributed by atoms with E-state index in [-0.39, 0.29) is 5.91 Å². The fourth-order valence-corrected chi connectivity index (χ4v) is 4.56. The molecule has 5 heteroatoms. The van der Waals surface area contributed by atoms with Crippen molar-refractivity contribution in [2.24, 2.45) is 11.8 Å². The molecule has 2 fully saturated rings. The largest absolute Gasteiger partial charge is 0.486 e. The van der Waals surface area contributed by atoms with Gasteiger partial charge in [-0.2, -0.15) is 0 Å². The van der Waals surface area contributed by atoms with Crippen molar-refractivity contribution in [2.45, 2.75) is 19.4 Å². The fourth-order valence-electron chi connectivity index (χ4n) is 4.56. The van der Waals surface area contributed by atoms with E-state index in [0.717, 1.165) is 50.2 Å². The van der Waals surface area contributed by atoms with Crippen LogP contribution in [0.2, 0.25) is 0 Å². The van der Waals surface area contributed by atoms with Gasteiger partial charge in [0.25, 0.3) is 5.91 Å². The lowest BCUT2D eigenvalue weighted by molar-refractivity contribution is 0.0722. The van der Waals surface area contributed by atoms with Gasteiger partial charge in [-0.25, -0.2) is 0 Å². The second-order valence-electron chi connectivity index (χ2n) is 8.11. The first-order valence-corrected chi connectivity index (χ1v) is 10.5. The molecule has 2 aliphatic rings. The summed E-state index contributed by atoms with van der Waals surface area (Å²) in [4.78, 5) is 14.8. The van der Waals surface area contributed by atoms with Gasteiger partial charge in [-0.3, -0.25) is 4.79 Å². The van der Waals surface area contributed by atoms with Crippen LogP contribution in [0.1, 0.15) is 29.2 Å². The zero-order valence-corrected chi connectivity index (χ0v) is 16.5. The number of rotatable bonds is 4. The van der Waals surface area contributed by atoms with Crippen molar-refractivity contribution in [1.82, 2.24) is 10.2 Å². The molecule has 2 aliphatic heterocycles. The normalized spacial score (nSPS) is 21.7. The number of benzene rings is 2. The summed E-state index contributed by atoms with van der Waals surface area (Å²) in [7, 11) is 0. The number of fused-ring (bicyclic) bond motifs is 2. The van der Waals surface area contributed by atoms with Gasteiger partial charge in [-0.05, 0) is 72.8 Å². The van der Waals surface area contributed by atoms with Crippen LogP contribution in [0.5, 0.6) is 5.75 Å². The van der Waals surface area contributed by atoms with Gasteiger partial charge in [0.15, 0.2) is 5.76 Å². The van der Waals surface area contributed by atoms with Crippen molar-refractivity contribution in [3.8, 4) is 5.75 Å². The average Bonchev–Trinajstić information content (AvgIpc) is 3.37. The number of ether oxygens (including phenoxy) is 1. The van der Waals surface area contributed by atoms with E-state index < -0.39 is 0 Å². The quantitative estimate of drug-likeness (QED) is 0.729. The van der Waals surface area contributed by atoms with Crippen LogP contribution in [0.25, 0.3) is 10.8 Å². The Morgan fingerprint density at radius 2 is 1.76 bits per heavy atom. The van der Waals surface area contributed by atoms with Gasteiger partial charge >= 0.3 is 0 Å². The van der Waals surface area contributed by atoms with Crippen LogP contribution in [0.4, 0.5) is 0 Å². The van der Waals surface area contributed by atoms with Crippen LogP contribution in [-0.4, -0.2) is 37.0 Å². The summed E-state index contributed by atoms with van der Waals surface area (Å²) in [6.45, 7) is 4.10. The molecule has 1 N–H and O–H groups in total. The van der Waals surface area contributed by atoms with E-state index in [2.05, 4.69) is 17.4 Å².